The molecule has 1 aliphatic rings. The first-order valence-electron chi connectivity index (χ1n) is 9.45. The second kappa shape index (κ2) is 9.56. The molecule has 2 aromatic carbocycles. The lowest BCUT2D eigenvalue weighted by atomic mass is 10.1. The molecule has 0 saturated carbocycles. The fourth-order valence-electron chi connectivity index (χ4n) is 3.39. The zero-order chi connectivity index (χ0) is 20.8. The zero-order valence-electron chi connectivity index (χ0n) is 16.1. The number of nitro groups is 1. The summed E-state index contributed by atoms with van der Waals surface area (Å²) in [5.74, 6) is -0.114. The maximum Gasteiger partial charge on any atom is 0.270 e. The molecule has 7 nitrogen and oxygen atoms in total. The van der Waals surface area contributed by atoms with Gasteiger partial charge in [-0.25, -0.2) is 0 Å². The highest BCUT2D eigenvalue weighted by atomic mass is 32.2. The smallest absolute Gasteiger partial charge is 0.270 e. The normalized spacial score (nSPS) is 13.4. The van der Waals surface area contributed by atoms with Crippen molar-refractivity contribution in [3.05, 3.63) is 69.3 Å². The van der Waals surface area contributed by atoms with Crippen molar-refractivity contribution in [2.75, 3.05) is 17.3 Å². The first kappa shape index (κ1) is 20.9. The Hall–Kier alpha value is -2.87. The number of rotatable bonds is 8. The lowest BCUT2D eigenvalue weighted by Crippen LogP contribution is -2.44. The summed E-state index contributed by atoms with van der Waals surface area (Å²) in [7, 11) is 0. The van der Waals surface area contributed by atoms with Gasteiger partial charge < -0.3 is 10.6 Å². The summed E-state index contributed by atoms with van der Waals surface area (Å²) >= 11 is 1.58. The van der Waals surface area contributed by atoms with Gasteiger partial charge in [0.2, 0.25) is 5.91 Å². The van der Waals surface area contributed by atoms with Crippen LogP contribution in [-0.2, 0) is 17.6 Å². The summed E-state index contributed by atoms with van der Waals surface area (Å²) in [6.07, 6.45) is 5.59. The van der Waals surface area contributed by atoms with Crippen LogP contribution in [0.3, 0.4) is 0 Å². The van der Waals surface area contributed by atoms with Crippen LogP contribution in [0.4, 0.5) is 11.4 Å². The fourth-order valence-corrected chi connectivity index (χ4v) is 3.86. The van der Waals surface area contributed by atoms with Crippen LogP contribution in [0.25, 0.3) is 0 Å². The molecule has 0 aliphatic heterocycles. The Morgan fingerprint density at radius 3 is 2.72 bits per heavy atom. The van der Waals surface area contributed by atoms with Crippen molar-refractivity contribution < 1.29 is 14.5 Å². The van der Waals surface area contributed by atoms with Crippen LogP contribution >= 0.6 is 11.8 Å². The minimum Gasteiger partial charge on any atom is -0.340 e. The van der Waals surface area contributed by atoms with Crippen LogP contribution in [0.15, 0.2) is 42.5 Å². The third-order valence-electron chi connectivity index (χ3n) is 4.92. The Kier molecular flexibility index (Phi) is 6.87. The van der Waals surface area contributed by atoms with Crippen molar-refractivity contribution in [1.29, 1.82) is 0 Å². The van der Waals surface area contributed by atoms with Crippen molar-refractivity contribution in [2.45, 2.75) is 31.7 Å². The Labute approximate surface area is 173 Å². The molecule has 2 aromatic rings. The monoisotopic (exact) mass is 413 g/mol. The fraction of sp³-hybridized carbons (Fsp3) is 0.333. The molecule has 0 aromatic heterocycles. The molecule has 3 rings (SSSR count). The van der Waals surface area contributed by atoms with Crippen LogP contribution in [0.5, 0.6) is 0 Å². The van der Waals surface area contributed by atoms with Crippen molar-refractivity contribution in [3.8, 4) is 0 Å². The van der Waals surface area contributed by atoms with E-state index in [0.717, 1.165) is 24.9 Å². The summed E-state index contributed by atoms with van der Waals surface area (Å²) in [6.45, 7) is 0. The lowest BCUT2D eigenvalue weighted by molar-refractivity contribution is -0.384. The Morgan fingerprint density at radius 2 is 1.97 bits per heavy atom. The van der Waals surface area contributed by atoms with E-state index >= 15 is 0 Å². The van der Waals surface area contributed by atoms with Gasteiger partial charge in [0.05, 0.1) is 4.92 Å². The number of fused-ring (bicyclic) bond motifs is 1. The molecule has 29 heavy (non-hydrogen) atoms. The lowest BCUT2D eigenvalue weighted by Gasteiger charge is -2.18. The van der Waals surface area contributed by atoms with Gasteiger partial charge in [-0.3, -0.25) is 19.7 Å². The second-order valence-electron chi connectivity index (χ2n) is 6.94. The summed E-state index contributed by atoms with van der Waals surface area (Å²) in [5.41, 5.74) is 3.28. The van der Waals surface area contributed by atoms with E-state index in [1.54, 1.807) is 11.8 Å². The van der Waals surface area contributed by atoms with E-state index in [1.807, 2.05) is 24.5 Å². The highest BCUT2D eigenvalue weighted by Crippen LogP contribution is 2.25. The third-order valence-corrected chi connectivity index (χ3v) is 5.56. The maximum atomic E-state index is 12.8. The van der Waals surface area contributed by atoms with Crippen LogP contribution in [-0.4, -0.2) is 34.8 Å². The maximum absolute atomic E-state index is 12.8. The van der Waals surface area contributed by atoms with Crippen molar-refractivity contribution in [1.82, 2.24) is 5.32 Å². The molecule has 8 heteroatoms. The number of nitrogens with zero attached hydrogens (tertiary/aromatic N) is 1. The number of nitrogens with one attached hydrogen (secondary N) is 2. The van der Waals surface area contributed by atoms with Gasteiger partial charge in [-0.2, -0.15) is 11.8 Å². The van der Waals surface area contributed by atoms with Gasteiger partial charge >= 0.3 is 0 Å². The number of nitro benzene ring substituents is 1. The molecular weight excluding hydrogens is 390 g/mol. The quantitative estimate of drug-likeness (QED) is 0.509. The Bertz CT molecular complexity index is 932. The van der Waals surface area contributed by atoms with Crippen LogP contribution in [0.2, 0.25) is 0 Å². The third kappa shape index (κ3) is 5.35. The Balaban J connectivity index is 1.71. The summed E-state index contributed by atoms with van der Waals surface area (Å²) in [4.78, 5) is 35.8. The first-order valence-corrected chi connectivity index (χ1v) is 10.8. The number of aryl methyl sites for hydroxylation is 2. The number of anilines is 1. The van der Waals surface area contributed by atoms with Crippen molar-refractivity contribution in [2.24, 2.45) is 0 Å². The SMILES string of the molecule is CSCC[C@@H](NC(=O)c1cccc([N+](=O)[O-])c1)C(=O)Nc1ccc2c(c1)CCC2. The Morgan fingerprint density at radius 1 is 1.17 bits per heavy atom. The molecule has 0 heterocycles. The van der Waals surface area contributed by atoms with Gasteiger partial charge in [-0.05, 0) is 67.0 Å². The van der Waals surface area contributed by atoms with E-state index in [4.69, 9.17) is 0 Å². The van der Waals surface area contributed by atoms with Crippen LogP contribution in [0, 0.1) is 10.1 Å². The standard InChI is InChI=1S/C21H23N3O4S/c1-29-11-10-19(23-20(25)16-6-3-7-18(13-16)24(27)28)21(26)22-17-9-8-14-4-2-5-15(14)12-17/h3,6-9,12-13,19H,2,4-5,10-11H2,1H3,(H,22,26)(H,23,25)/t19-/m1/s1. The molecule has 1 atom stereocenters. The van der Waals surface area contributed by atoms with Crippen molar-refractivity contribution in [3.63, 3.8) is 0 Å². The number of benzene rings is 2. The summed E-state index contributed by atoms with van der Waals surface area (Å²) < 4.78 is 0. The van der Waals surface area contributed by atoms with E-state index in [0.29, 0.717) is 12.2 Å². The number of carbonyl (C=O) groups is 2. The molecule has 0 radical (unpaired) electrons. The molecule has 1 aliphatic carbocycles. The van der Waals surface area contributed by atoms with E-state index in [2.05, 4.69) is 10.6 Å². The van der Waals surface area contributed by atoms with Crippen molar-refractivity contribution >= 4 is 35.0 Å². The predicted octanol–water partition coefficient (Wildman–Crippen LogP) is 3.57. The average Bonchev–Trinajstić information content (AvgIpc) is 3.18. The van der Waals surface area contributed by atoms with Gasteiger partial charge in [0.1, 0.15) is 6.04 Å². The molecule has 2 N–H and O–H groups in total. The largest absolute Gasteiger partial charge is 0.340 e. The van der Waals surface area contributed by atoms with Gasteiger partial charge in [-0.15, -0.1) is 0 Å². The van der Waals surface area contributed by atoms with E-state index in [1.165, 1.54) is 35.4 Å². The van der Waals surface area contributed by atoms with Gasteiger partial charge in [0, 0.05) is 23.4 Å². The highest BCUT2D eigenvalue weighted by molar-refractivity contribution is 7.98. The summed E-state index contributed by atoms with van der Waals surface area (Å²) in [6, 6.07) is 10.7. The predicted molar refractivity (Wildman–Crippen MR) is 114 cm³/mol. The molecular formula is C21H23N3O4S. The van der Waals surface area contributed by atoms with E-state index < -0.39 is 16.9 Å². The number of non-ortho nitro benzene ring substituents is 1. The second-order valence-corrected chi connectivity index (χ2v) is 7.93. The highest BCUT2D eigenvalue weighted by Gasteiger charge is 2.23. The number of amides is 2. The van der Waals surface area contributed by atoms with Crippen LogP contribution in [0.1, 0.15) is 34.3 Å². The zero-order valence-corrected chi connectivity index (χ0v) is 17.0. The minimum atomic E-state index is -0.734. The molecule has 152 valence electrons. The molecule has 0 unspecified atom stereocenters. The molecule has 0 bridgehead atoms. The van der Waals surface area contributed by atoms with Gasteiger partial charge in [0.25, 0.3) is 11.6 Å². The summed E-state index contributed by atoms with van der Waals surface area (Å²) in [5, 5.41) is 16.6. The number of thioether (sulfide) groups is 1. The van der Waals surface area contributed by atoms with Crippen LogP contribution < -0.4 is 10.6 Å². The van der Waals surface area contributed by atoms with Gasteiger partial charge in [-0.1, -0.05) is 12.1 Å². The topological polar surface area (TPSA) is 101 Å². The molecule has 0 spiro atoms. The molecule has 0 saturated heterocycles. The number of hydrogen-bond acceptors (Lipinski definition) is 5. The average molecular weight is 413 g/mol. The van der Waals surface area contributed by atoms with Gasteiger partial charge in [0.15, 0.2) is 0 Å². The van der Waals surface area contributed by atoms with E-state index in [9.17, 15) is 19.7 Å². The minimum absolute atomic E-state index is 0.152. The molecule has 2 amide bonds. The molecule has 0 fully saturated rings. The first-order chi connectivity index (χ1) is 14.0. The number of hydrogen-bond donors (Lipinski definition) is 2. The van der Waals surface area contributed by atoms with E-state index in [-0.39, 0.29) is 17.2 Å². The number of carbonyl (C=O) groups excluding carboxylic acids is 2.